The van der Waals surface area contributed by atoms with E-state index in [1.807, 2.05) is 30.3 Å². The highest BCUT2D eigenvalue weighted by Crippen LogP contribution is 2.23. The van der Waals surface area contributed by atoms with E-state index >= 15 is 0 Å². The number of hydrogen-bond acceptors (Lipinski definition) is 3. The minimum atomic E-state index is -0.0961. The zero-order chi connectivity index (χ0) is 12.3. The van der Waals surface area contributed by atoms with Gasteiger partial charge in [0, 0.05) is 11.3 Å². The number of aliphatic hydroxyl groups is 1. The van der Waals surface area contributed by atoms with Gasteiger partial charge in [-0.05, 0) is 48.6 Å². The van der Waals surface area contributed by atoms with Gasteiger partial charge in [-0.25, -0.2) is 0 Å². The first-order chi connectivity index (χ1) is 8.19. The van der Waals surface area contributed by atoms with Crippen LogP contribution in [0, 0.1) is 0 Å². The molecule has 0 unspecified atom stereocenters. The normalized spacial score (nSPS) is 10.2. The Bertz CT molecular complexity index is 520. The lowest BCUT2D eigenvalue weighted by Gasteiger charge is -2.04. The molecule has 17 heavy (non-hydrogen) atoms. The minimum Gasteiger partial charge on any atom is -0.459 e. The number of hydrogen-bond donors (Lipinski definition) is 3. The van der Waals surface area contributed by atoms with Crippen molar-refractivity contribution in [3.63, 3.8) is 0 Å². The third-order valence-corrected chi connectivity index (χ3v) is 2.36. The summed E-state index contributed by atoms with van der Waals surface area (Å²) in [5, 5.41) is 12.0. The lowest BCUT2D eigenvalue weighted by Crippen LogP contribution is -2.18. The zero-order valence-electron chi connectivity index (χ0n) is 9.01. The van der Waals surface area contributed by atoms with E-state index in [1.165, 1.54) is 0 Å². The molecule has 2 aromatic rings. The summed E-state index contributed by atoms with van der Waals surface area (Å²) in [4.78, 5) is 0. The number of nitrogens with one attached hydrogen (secondary N) is 1. The lowest BCUT2D eigenvalue weighted by atomic mass is 10.1. The van der Waals surface area contributed by atoms with Crippen LogP contribution in [0.2, 0.25) is 0 Å². The standard InChI is InChI=1S/C12H12N2O2S/c13-12(17)14-9-3-1-8(2-4-9)11-6-5-10(7-15)16-11/h1-6,15H,7H2,(H3,13,14,17). The van der Waals surface area contributed by atoms with E-state index in [2.05, 4.69) is 5.32 Å². The van der Waals surface area contributed by atoms with Gasteiger partial charge in [0.25, 0.3) is 0 Å². The highest BCUT2D eigenvalue weighted by atomic mass is 32.1. The largest absolute Gasteiger partial charge is 0.459 e. The summed E-state index contributed by atoms with van der Waals surface area (Å²) >= 11 is 4.74. The summed E-state index contributed by atoms with van der Waals surface area (Å²) in [5.41, 5.74) is 7.13. The van der Waals surface area contributed by atoms with Gasteiger partial charge in [0.1, 0.15) is 18.1 Å². The average molecular weight is 248 g/mol. The molecule has 0 bridgehead atoms. The van der Waals surface area contributed by atoms with Gasteiger partial charge in [-0.15, -0.1) is 0 Å². The van der Waals surface area contributed by atoms with Crippen LogP contribution in [0.4, 0.5) is 5.69 Å². The molecule has 4 nitrogen and oxygen atoms in total. The smallest absolute Gasteiger partial charge is 0.168 e. The third kappa shape index (κ3) is 2.83. The maximum atomic E-state index is 8.91. The second-order valence-corrected chi connectivity index (χ2v) is 3.93. The fraction of sp³-hybridized carbons (Fsp3) is 0.0833. The topological polar surface area (TPSA) is 71.4 Å². The molecule has 0 saturated heterocycles. The molecule has 1 aromatic heterocycles. The highest BCUT2D eigenvalue weighted by molar-refractivity contribution is 7.80. The van der Waals surface area contributed by atoms with Crippen molar-refractivity contribution in [3.05, 3.63) is 42.2 Å². The highest BCUT2D eigenvalue weighted by Gasteiger charge is 2.04. The van der Waals surface area contributed by atoms with Crippen molar-refractivity contribution in [1.82, 2.24) is 0 Å². The fourth-order valence-corrected chi connectivity index (χ4v) is 1.60. The number of benzene rings is 1. The van der Waals surface area contributed by atoms with Gasteiger partial charge < -0.3 is 20.6 Å². The summed E-state index contributed by atoms with van der Waals surface area (Å²) in [6, 6.07) is 11.1. The van der Waals surface area contributed by atoms with Gasteiger partial charge >= 0.3 is 0 Å². The molecule has 0 spiro atoms. The van der Waals surface area contributed by atoms with Crippen molar-refractivity contribution < 1.29 is 9.52 Å². The molecule has 5 heteroatoms. The van der Waals surface area contributed by atoms with Crippen LogP contribution in [0.3, 0.4) is 0 Å². The maximum absolute atomic E-state index is 8.91. The molecule has 4 N–H and O–H groups in total. The molecule has 0 aliphatic carbocycles. The molecule has 0 amide bonds. The predicted octanol–water partition coefficient (Wildman–Crippen LogP) is 2.09. The Kier molecular flexibility index (Phi) is 3.41. The molecule has 0 atom stereocenters. The Morgan fingerprint density at radius 1 is 1.24 bits per heavy atom. The summed E-state index contributed by atoms with van der Waals surface area (Å²) in [6.45, 7) is -0.0961. The maximum Gasteiger partial charge on any atom is 0.168 e. The van der Waals surface area contributed by atoms with Crippen LogP contribution in [-0.4, -0.2) is 10.2 Å². The van der Waals surface area contributed by atoms with Gasteiger partial charge in [-0.3, -0.25) is 0 Å². The molecule has 1 heterocycles. The number of nitrogens with two attached hydrogens (primary N) is 1. The molecule has 0 radical (unpaired) electrons. The first-order valence-corrected chi connectivity index (χ1v) is 5.46. The van der Waals surface area contributed by atoms with Gasteiger partial charge in [-0.2, -0.15) is 0 Å². The molecule has 1 aromatic carbocycles. The second kappa shape index (κ2) is 4.99. The van der Waals surface area contributed by atoms with Gasteiger partial charge in [0.2, 0.25) is 0 Å². The molecular formula is C12H12N2O2S. The van der Waals surface area contributed by atoms with Crippen molar-refractivity contribution in [3.8, 4) is 11.3 Å². The van der Waals surface area contributed by atoms with Gasteiger partial charge in [-0.1, -0.05) is 0 Å². The Labute approximate surface area is 104 Å². The van der Waals surface area contributed by atoms with Gasteiger partial charge in [0.05, 0.1) is 0 Å². The number of rotatable bonds is 3. The predicted molar refractivity (Wildman–Crippen MR) is 70.5 cm³/mol. The Hall–Kier alpha value is -1.85. The average Bonchev–Trinajstić information content (AvgIpc) is 2.78. The lowest BCUT2D eigenvalue weighted by molar-refractivity contribution is 0.248. The summed E-state index contributed by atoms with van der Waals surface area (Å²) < 4.78 is 5.42. The summed E-state index contributed by atoms with van der Waals surface area (Å²) in [7, 11) is 0. The minimum absolute atomic E-state index is 0.0961. The van der Waals surface area contributed by atoms with E-state index in [4.69, 9.17) is 27.5 Å². The molecule has 0 fully saturated rings. The van der Waals surface area contributed by atoms with E-state index in [1.54, 1.807) is 6.07 Å². The quantitative estimate of drug-likeness (QED) is 0.725. The van der Waals surface area contributed by atoms with Crippen molar-refractivity contribution in [2.45, 2.75) is 6.61 Å². The molecule has 88 valence electrons. The van der Waals surface area contributed by atoms with Crippen molar-refractivity contribution in [1.29, 1.82) is 0 Å². The third-order valence-electron chi connectivity index (χ3n) is 2.25. The molecule has 0 aliphatic heterocycles. The van der Waals surface area contributed by atoms with Crippen LogP contribution in [0.1, 0.15) is 5.76 Å². The van der Waals surface area contributed by atoms with Crippen LogP contribution < -0.4 is 11.1 Å². The molecule has 2 rings (SSSR count). The summed E-state index contributed by atoms with van der Waals surface area (Å²) in [5.74, 6) is 1.27. The molecular weight excluding hydrogens is 236 g/mol. The van der Waals surface area contributed by atoms with E-state index in [-0.39, 0.29) is 11.7 Å². The number of thiocarbonyl (C=S) groups is 1. The monoisotopic (exact) mass is 248 g/mol. The second-order valence-electron chi connectivity index (χ2n) is 3.49. The van der Waals surface area contributed by atoms with E-state index in [0.717, 1.165) is 17.0 Å². The van der Waals surface area contributed by atoms with Crippen molar-refractivity contribution >= 4 is 23.0 Å². The van der Waals surface area contributed by atoms with E-state index < -0.39 is 0 Å². The molecule has 0 aliphatic rings. The first kappa shape index (κ1) is 11.6. The Morgan fingerprint density at radius 2 is 1.94 bits per heavy atom. The Morgan fingerprint density at radius 3 is 2.47 bits per heavy atom. The number of furan rings is 1. The van der Waals surface area contributed by atoms with Gasteiger partial charge in [0.15, 0.2) is 5.11 Å². The number of anilines is 1. The van der Waals surface area contributed by atoms with Crippen LogP contribution in [0.15, 0.2) is 40.8 Å². The van der Waals surface area contributed by atoms with Crippen molar-refractivity contribution in [2.75, 3.05) is 5.32 Å². The zero-order valence-corrected chi connectivity index (χ0v) is 9.83. The molecule has 0 saturated carbocycles. The fourth-order valence-electron chi connectivity index (χ4n) is 1.48. The van der Waals surface area contributed by atoms with Crippen molar-refractivity contribution in [2.24, 2.45) is 5.73 Å². The van der Waals surface area contributed by atoms with E-state index in [9.17, 15) is 0 Å². The number of aliphatic hydroxyl groups excluding tert-OH is 1. The van der Waals surface area contributed by atoms with Crippen LogP contribution >= 0.6 is 12.2 Å². The van der Waals surface area contributed by atoms with Crippen LogP contribution in [0.5, 0.6) is 0 Å². The Balaban J connectivity index is 2.19. The van der Waals surface area contributed by atoms with Crippen LogP contribution in [-0.2, 0) is 6.61 Å². The summed E-state index contributed by atoms with van der Waals surface area (Å²) in [6.07, 6.45) is 0. The van der Waals surface area contributed by atoms with Crippen LogP contribution in [0.25, 0.3) is 11.3 Å². The first-order valence-electron chi connectivity index (χ1n) is 5.05. The SMILES string of the molecule is NC(=S)Nc1ccc(-c2ccc(CO)o2)cc1. The van der Waals surface area contributed by atoms with E-state index in [0.29, 0.717) is 5.76 Å².